The molecule has 1 heterocycles. The number of rotatable bonds is 8. The predicted molar refractivity (Wildman–Crippen MR) is 128 cm³/mol. The minimum atomic E-state index is -0.930. The normalized spacial score (nSPS) is 17.7. The summed E-state index contributed by atoms with van der Waals surface area (Å²) < 4.78 is 5.63. The van der Waals surface area contributed by atoms with Gasteiger partial charge in [-0.05, 0) is 41.5 Å². The third kappa shape index (κ3) is 4.52. The van der Waals surface area contributed by atoms with Crippen molar-refractivity contribution in [3.8, 4) is 11.1 Å². The number of likely N-dealkylation sites (tertiary alicyclic amines) is 1. The van der Waals surface area contributed by atoms with Gasteiger partial charge in [-0.25, -0.2) is 4.79 Å². The molecule has 2 N–H and O–H groups in total. The number of aliphatic carboxylic acids is 1. The van der Waals surface area contributed by atoms with Gasteiger partial charge in [0.2, 0.25) is 5.91 Å². The molecule has 1 fully saturated rings. The lowest BCUT2D eigenvalue weighted by atomic mass is 9.81. The molecule has 1 aliphatic carbocycles. The van der Waals surface area contributed by atoms with Crippen molar-refractivity contribution in [2.24, 2.45) is 11.3 Å². The molecule has 0 aromatic heterocycles. The van der Waals surface area contributed by atoms with E-state index in [0.717, 1.165) is 28.7 Å². The van der Waals surface area contributed by atoms with E-state index < -0.39 is 23.5 Å². The Balaban J connectivity index is 1.41. The average Bonchev–Trinajstić information content (AvgIpc) is 3.13. The minimum Gasteiger partial charge on any atom is -0.481 e. The van der Waals surface area contributed by atoms with Crippen molar-refractivity contribution in [3.63, 3.8) is 0 Å². The quantitative estimate of drug-likeness (QED) is 0.609. The van der Waals surface area contributed by atoms with Gasteiger partial charge in [0.25, 0.3) is 0 Å². The number of benzene rings is 2. The molecule has 2 unspecified atom stereocenters. The summed E-state index contributed by atoms with van der Waals surface area (Å²) in [5.74, 6) is -1.02. The summed E-state index contributed by atoms with van der Waals surface area (Å²) in [6, 6.07) is 15.5. The number of carboxylic acid groups (broad SMARTS) is 1. The van der Waals surface area contributed by atoms with Crippen LogP contribution in [0.3, 0.4) is 0 Å². The first-order valence-electron chi connectivity index (χ1n) is 11.9. The molecule has 4 rings (SSSR count). The Kier molecular flexibility index (Phi) is 6.64. The van der Waals surface area contributed by atoms with Crippen molar-refractivity contribution in [3.05, 3.63) is 59.7 Å². The van der Waals surface area contributed by atoms with Crippen LogP contribution in [0.2, 0.25) is 0 Å². The summed E-state index contributed by atoms with van der Waals surface area (Å²) in [5.41, 5.74) is 3.61. The largest absolute Gasteiger partial charge is 0.481 e. The predicted octanol–water partition coefficient (Wildman–Crippen LogP) is 4.26. The summed E-state index contributed by atoms with van der Waals surface area (Å²) >= 11 is 0. The molecular weight excluding hydrogens is 432 g/mol. The van der Waals surface area contributed by atoms with Gasteiger partial charge in [-0.1, -0.05) is 68.8 Å². The van der Waals surface area contributed by atoms with E-state index in [4.69, 9.17) is 4.74 Å². The van der Waals surface area contributed by atoms with Crippen LogP contribution in [-0.2, 0) is 14.3 Å². The number of alkyl carbamates (subject to hydrolysis) is 1. The lowest BCUT2D eigenvalue weighted by Gasteiger charge is -2.46. The van der Waals surface area contributed by atoms with E-state index in [1.54, 1.807) is 6.92 Å². The van der Waals surface area contributed by atoms with Gasteiger partial charge >= 0.3 is 12.1 Å². The molecule has 1 aliphatic heterocycles. The van der Waals surface area contributed by atoms with Crippen LogP contribution in [0.1, 0.15) is 50.7 Å². The van der Waals surface area contributed by atoms with E-state index in [1.807, 2.05) is 38.1 Å². The summed E-state index contributed by atoms with van der Waals surface area (Å²) in [6.45, 7) is 6.14. The Morgan fingerprint density at radius 3 is 2.18 bits per heavy atom. The van der Waals surface area contributed by atoms with Crippen LogP contribution < -0.4 is 5.32 Å². The highest BCUT2D eigenvalue weighted by molar-refractivity contribution is 5.89. The van der Waals surface area contributed by atoms with Gasteiger partial charge in [0.05, 0.1) is 5.41 Å². The minimum absolute atomic E-state index is 0.0616. The van der Waals surface area contributed by atoms with Gasteiger partial charge in [0.15, 0.2) is 0 Å². The number of hydrogen-bond acceptors (Lipinski definition) is 4. The SMILES string of the molecule is CCC(C)CC(NC(=O)OCC1c2ccccc2-c2ccccc21)C(=O)N1CC(C)(C(=O)O)C1. The molecule has 0 spiro atoms. The lowest BCUT2D eigenvalue weighted by Crippen LogP contribution is -2.64. The molecule has 2 aromatic carbocycles. The van der Waals surface area contributed by atoms with Crippen molar-refractivity contribution in [1.29, 1.82) is 0 Å². The molecule has 7 nitrogen and oxygen atoms in total. The third-order valence-electron chi connectivity index (χ3n) is 7.18. The third-order valence-corrected chi connectivity index (χ3v) is 7.18. The fraction of sp³-hybridized carbons (Fsp3) is 0.444. The fourth-order valence-corrected chi connectivity index (χ4v) is 4.88. The maximum atomic E-state index is 13.1. The highest BCUT2D eigenvalue weighted by Gasteiger charge is 2.48. The Morgan fingerprint density at radius 1 is 1.09 bits per heavy atom. The van der Waals surface area contributed by atoms with Gasteiger partial charge in [-0.3, -0.25) is 9.59 Å². The van der Waals surface area contributed by atoms with E-state index in [0.29, 0.717) is 6.42 Å². The number of carbonyl (C=O) groups excluding carboxylic acids is 2. The molecule has 2 aromatic rings. The van der Waals surface area contributed by atoms with Crippen molar-refractivity contribution in [2.45, 2.75) is 45.6 Å². The van der Waals surface area contributed by atoms with Crippen LogP contribution >= 0.6 is 0 Å². The molecular formula is C27H32N2O5. The topological polar surface area (TPSA) is 95.9 Å². The van der Waals surface area contributed by atoms with Crippen LogP contribution in [0.4, 0.5) is 4.79 Å². The highest BCUT2D eigenvalue weighted by Crippen LogP contribution is 2.44. The van der Waals surface area contributed by atoms with Gasteiger partial charge in [0.1, 0.15) is 12.6 Å². The van der Waals surface area contributed by atoms with Gasteiger partial charge in [-0.2, -0.15) is 0 Å². The summed E-state index contributed by atoms with van der Waals surface area (Å²) in [5, 5.41) is 12.1. The van der Waals surface area contributed by atoms with Crippen molar-refractivity contribution in [1.82, 2.24) is 10.2 Å². The second-order valence-electron chi connectivity index (χ2n) is 9.83. The lowest BCUT2D eigenvalue weighted by molar-refractivity contribution is -0.164. The molecule has 180 valence electrons. The second-order valence-corrected chi connectivity index (χ2v) is 9.83. The first kappa shape index (κ1) is 23.8. The summed E-state index contributed by atoms with van der Waals surface area (Å²) in [6.07, 6.45) is 0.702. The number of carbonyl (C=O) groups is 3. The first-order valence-corrected chi connectivity index (χ1v) is 11.9. The number of fused-ring (bicyclic) bond motifs is 3. The van der Waals surface area contributed by atoms with Crippen molar-refractivity contribution >= 4 is 18.0 Å². The smallest absolute Gasteiger partial charge is 0.407 e. The zero-order chi connectivity index (χ0) is 24.5. The molecule has 2 amide bonds. The zero-order valence-corrected chi connectivity index (χ0v) is 19.9. The maximum absolute atomic E-state index is 13.1. The second kappa shape index (κ2) is 9.49. The molecule has 0 radical (unpaired) electrons. The van der Waals surface area contributed by atoms with Gasteiger partial charge < -0.3 is 20.1 Å². The molecule has 34 heavy (non-hydrogen) atoms. The van der Waals surface area contributed by atoms with Gasteiger partial charge in [-0.15, -0.1) is 0 Å². The fourth-order valence-electron chi connectivity index (χ4n) is 4.88. The number of amides is 2. The number of ether oxygens (including phenoxy) is 1. The number of carboxylic acids is 1. The Bertz CT molecular complexity index is 1050. The molecule has 1 saturated heterocycles. The van der Waals surface area contributed by atoms with E-state index in [-0.39, 0.29) is 37.4 Å². The molecule has 2 atom stereocenters. The van der Waals surface area contributed by atoms with Gasteiger partial charge in [0, 0.05) is 19.0 Å². The monoisotopic (exact) mass is 464 g/mol. The standard InChI is InChI=1S/C27H32N2O5/c1-4-17(2)13-23(24(30)29-15-27(3,16-29)25(31)32)28-26(33)34-14-22-20-11-7-5-9-18(20)19-10-6-8-12-21(19)22/h5-12,17,22-23H,4,13-16H2,1-3H3,(H,28,33)(H,31,32). The molecule has 0 bridgehead atoms. The summed E-state index contributed by atoms with van der Waals surface area (Å²) in [4.78, 5) is 38.8. The van der Waals surface area contributed by atoms with E-state index >= 15 is 0 Å². The van der Waals surface area contributed by atoms with E-state index in [2.05, 4.69) is 29.6 Å². The first-order chi connectivity index (χ1) is 16.2. The molecule has 0 saturated carbocycles. The summed E-state index contributed by atoms with van der Waals surface area (Å²) in [7, 11) is 0. The van der Waals surface area contributed by atoms with Crippen molar-refractivity contribution in [2.75, 3.05) is 19.7 Å². The maximum Gasteiger partial charge on any atom is 0.407 e. The Morgan fingerprint density at radius 2 is 1.65 bits per heavy atom. The average molecular weight is 465 g/mol. The van der Waals surface area contributed by atoms with Crippen LogP contribution in [0, 0.1) is 11.3 Å². The van der Waals surface area contributed by atoms with E-state index in [1.165, 1.54) is 4.90 Å². The number of hydrogen-bond donors (Lipinski definition) is 2. The van der Waals surface area contributed by atoms with Crippen LogP contribution in [0.15, 0.2) is 48.5 Å². The van der Waals surface area contributed by atoms with Crippen LogP contribution in [0.25, 0.3) is 11.1 Å². The highest BCUT2D eigenvalue weighted by atomic mass is 16.5. The van der Waals surface area contributed by atoms with Crippen LogP contribution in [0.5, 0.6) is 0 Å². The molecule has 2 aliphatic rings. The zero-order valence-electron chi connectivity index (χ0n) is 19.9. The van der Waals surface area contributed by atoms with Crippen LogP contribution in [-0.4, -0.2) is 53.7 Å². The molecule has 7 heteroatoms. The Labute approximate surface area is 200 Å². The number of nitrogens with one attached hydrogen (secondary N) is 1. The Hall–Kier alpha value is -3.35. The van der Waals surface area contributed by atoms with Crippen molar-refractivity contribution < 1.29 is 24.2 Å². The number of nitrogens with zero attached hydrogens (tertiary/aromatic N) is 1. The van der Waals surface area contributed by atoms with E-state index in [9.17, 15) is 19.5 Å².